The van der Waals surface area contributed by atoms with Crippen LogP contribution < -0.4 is 0 Å². The van der Waals surface area contributed by atoms with Crippen molar-refractivity contribution in [1.82, 2.24) is 4.98 Å². The standard InChI is InChI=1S/C14H11N3O2/c15-10-12(9-11-5-2-1-3-6-11)14-13(17(18)19)7-4-8-16-14/h1-8,12H,9H2. The number of aromatic nitrogens is 1. The molecule has 0 aliphatic rings. The third kappa shape index (κ3) is 2.93. The van der Waals surface area contributed by atoms with Crippen LogP contribution in [0.15, 0.2) is 48.7 Å². The zero-order valence-electron chi connectivity index (χ0n) is 10.1. The molecule has 1 unspecified atom stereocenters. The minimum Gasteiger partial charge on any atom is -0.258 e. The van der Waals surface area contributed by atoms with Gasteiger partial charge in [0.25, 0.3) is 5.69 Å². The van der Waals surface area contributed by atoms with E-state index >= 15 is 0 Å². The maximum Gasteiger partial charge on any atom is 0.292 e. The first-order valence-corrected chi connectivity index (χ1v) is 5.75. The number of benzene rings is 1. The molecule has 0 aliphatic carbocycles. The van der Waals surface area contributed by atoms with Gasteiger partial charge in [-0.3, -0.25) is 15.1 Å². The Morgan fingerprint density at radius 3 is 2.63 bits per heavy atom. The largest absolute Gasteiger partial charge is 0.292 e. The van der Waals surface area contributed by atoms with Crippen molar-refractivity contribution in [3.8, 4) is 6.07 Å². The Kier molecular flexibility index (Phi) is 3.84. The van der Waals surface area contributed by atoms with Crippen molar-refractivity contribution >= 4 is 5.69 Å². The third-order valence-electron chi connectivity index (χ3n) is 2.78. The lowest BCUT2D eigenvalue weighted by Gasteiger charge is -2.08. The van der Waals surface area contributed by atoms with Gasteiger partial charge in [0.15, 0.2) is 0 Å². The van der Waals surface area contributed by atoms with Crippen LogP contribution in [0.2, 0.25) is 0 Å². The van der Waals surface area contributed by atoms with E-state index in [0.29, 0.717) is 6.42 Å². The molecule has 1 aromatic heterocycles. The first-order valence-electron chi connectivity index (χ1n) is 5.75. The summed E-state index contributed by atoms with van der Waals surface area (Å²) in [6.45, 7) is 0. The average molecular weight is 253 g/mol. The van der Waals surface area contributed by atoms with E-state index in [2.05, 4.69) is 11.1 Å². The van der Waals surface area contributed by atoms with E-state index in [1.165, 1.54) is 18.3 Å². The number of pyridine rings is 1. The van der Waals surface area contributed by atoms with E-state index in [9.17, 15) is 15.4 Å². The Bertz CT molecular complexity index is 620. The van der Waals surface area contributed by atoms with Gasteiger partial charge in [0.2, 0.25) is 0 Å². The number of rotatable bonds is 4. The van der Waals surface area contributed by atoms with Crippen LogP contribution in [-0.2, 0) is 6.42 Å². The third-order valence-corrected chi connectivity index (χ3v) is 2.78. The summed E-state index contributed by atoms with van der Waals surface area (Å²) < 4.78 is 0. The van der Waals surface area contributed by atoms with Crippen molar-refractivity contribution in [1.29, 1.82) is 5.26 Å². The van der Waals surface area contributed by atoms with E-state index < -0.39 is 10.8 Å². The molecule has 1 heterocycles. The topological polar surface area (TPSA) is 79.8 Å². The average Bonchev–Trinajstić information content (AvgIpc) is 2.46. The lowest BCUT2D eigenvalue weighted by atomic mass is 9.96. The zero-order valence-corrected chi connectivity index (χ0v) is 10.1. The Labute approximate surface area is 110 Å². The molecular weight excluding hydrogens is 242 g/mol. The number of hydrogen-bond acceptors (Lipinski definition) is 4. The summed E-state index contributed by atoms with van der Waals surface area (Å²) in [7, 11) is 0. The van der Waals surface area contributed by atoms with Gasteiger partial charge >= 0.3 is 0 Å². The number of hydrogen-bond donors (Lipinski definition) is 0. The van der Waals surface area contributed by atoms with E-state index in [-0.39, 0.29) is 11.4 Å². The number of nitriles is 1. The van der Waals surface area contributed by atoms with Crippen LogP contribution in [0.3, 0.4) is 0 Å². The summed E-state index contributed by atoms with van der Waals surface area (Å²) in [4.78, 5) is 14.5. The second-order valence-electron chi connectivity index (χ2n) is 4.04. The van der Waals surface area contributed by atoms with Crippen LogP contribution in [0, 0.1) is 21.4 Å². The number of nitro groups is 1. The molecule has 0 N–H and O–H groups in total. The van der Waals surface area contributed by atoms with Crippen molar-refractivity contribution in [2.24, 2.45) is 0 Å². The molecule has 0 spiro atoms. The molecule has 1 atom stereocenters. The quantitative estimate of drug-likeness (QED) is 0.619. The molecular formula is C14H11N3O2. The van der Waals surface area contributed by atoms with Crippen molar-refractivity contribution in [2.75, 3.05) is 0 Å². The van der Waals surface area contributed by atoms with Crippen LogP contribution in [0.5, 0.6) is 0 Å². The molecule has 94 valence electrons. The molecule has 0 fully saturated rings. The molecule has 19 heavy (non-hydrogen) atoms. The number of nitrogens with zero attached hydrogens (tertiary/aromatic N) is 3. The van der Waals surface area contributed by atoms with Crippen molar-refractivity contribution in [3.05, 3.63) is 70.0 Å². The van der Waals surface area contributed by atoms with Crippen LogP contribution in [0.25, 0.3) is 0 Å². The summed E-state index contributed by atoms with van der Waals surface area (Å²) in [5.74, 6) is -0.621. The predicted molar refractivity (Wildman–Crippen MR) is 69.4 cm³/mol. The highest BCUT2D eigenvalue weighted by Crippen LogP contribution is 2.26. The van der Waals surface area contributed by atoms with Gasteiger partial charge < -0.3 is 0 Å². The summed E-state index contributed by atoms with van der Waals surface area (Å²) in [5, 5.41) is 20.2. The van der Waals surface area contributed by atoms with E-state index in [1.807, 2.05) is 30.3 Å². The molecule has 0 amide bonds. The van der Waals surface area contributed by atoms with Crippen molar-refractivity contribution in [2.45, 2.75) is 12.3 Å². The van der Waals surface area contributed by atoms with Gasteiger partial charge in [-0.2, -0.15) is 5.26 Å². The van der Waals surface area contributed by atoms with Gasteiger partial charge in [0.05, 0.1) is 16.9 Å². The van der Waals surface area contributed by atoms with Crippen LogP contribution in [-0.4, -0.2) is 9.91 Å². The van der Waals surface area contributed by atoms with Crippen molar-refractivity contribution < 1.29 is 4.92 Å². The SMILES string of the molecule is N#CC(Cc1ccccc1)c1ncccc1[N+](=O)[O-]. The Morgan fingerprint density at radius 2 is 2.00 bits per heavy atom. The molecule has 1 aromatic carbocycles. The molecule has 0 saturated heterocycles. The summed E-state index contributed by atoms with van der Waals surface area (Å²) >= 11 is 0. The Morgan fingerprint density at radius 1 is 1.26 bits per heavy atom. The monoisotopic (exact) mass is 253 g/mol. The fourth-order valence-electron chi connectivity index (χ4n) is 1.89. The highest BCUT2D eigenvalue weighted by Gasteiger charge is 2.23. The minimum absolute atomic E-state index is 0.106. The van der Waals surface area contributed by atoms with Gasteiger partial charge in [-0.05, 0) is 18.1 Å². The second-order valence-corrected chi connectivity index (χ2v) is 4.04. The fourth-order valence-corrected chi connectivity index (χ4v) is 1.89. The maximum absolute atomic E-state index is 11.0. The molecule has 0 bridgehead atoms. The first-order chi connectivity index (χ1) is 9.22. The first kappa shape index (κ1) is 12.7. The summed E-state index contributed by atoms with van der Waals surface area (Å²) in [5.41, 5.74) is 1.07. The zero-order chi connectivity index (χ0) is 13.7. The highest BCUT2D eigenvalue weighted by molar-refractivity contribution is 5.40. The fraction of sp³-hybridized carbons (Fsp3) is 0.143. The Balaban J connectivity index is 2.33. The van der Waals surface area contributed by atoms with E-state index in [0.717, 1.165) is 5.56 Å². The van der Waals surface area contributed by atoms with E-state index in [1.54, 1.807) is 0 Å². The molecule has 0 saturated carbocycles. The van der Waals surface area contributed by atoms with Crippen molar-refractivity contribution in [3.63, 3.8) is 0 Å². The molecule has 0 radical (unpaired) electrons. The normalized spacial score (nSPS) is 11.5. The second kappa shape index (κ2) is 5.74. The van der Waals surface area contributed by atoms with Gasteiger partial charge in [-0.15, -0.1) is 0 Å². The minimum atomic E-state index is -0.621. The maximum atomic E-state index is 11.0. The highest BCUT2D eigenvalue weighted by atomic mass is 16.6. The van der Waals surface area contributed by atoms with Crippen LogP contribution in [0.4, 0.5) is 5.69 Å². The van der Waals surface area contributed by atoms with E-state index in [4.69, 9.17) is 0 Å². The predicted octanol–water partition coefficient (Wildman–Crippen LogP) is 2.84. The Hall–Kier alpha value is -2.74. The molecule has 2 aromatic rings. The summed E-state index contributed by atoms with van der Waals surface area (Å²) in [6.07, 6.45) is 1.88. The van der Waals surface area contributed by atoms with Gasteiger partial charge in [-0.25, -0.2) is 0 Å². The van der Waals surface area contributed by atoms with Crippen LogP contribution in [0.1, 0.15) is 17.2 Å². The smallest absolute Gasteiger partial charge is 0.258 e. The molecule has 5 heteroatoms. The lowest BCUT2D eigenvalue weighted by Crippen LogP contribution is -2.06. The molecule has 5 nitrogen and oxygen atoms in total. The van der Waals surface area contributed by atoms with Gasteiger partial charge in [-0.1, -0.05) is 30.3 Å². The van der Waals surface area contributed by atoms with Gasteiger partial charge in [0, 0.05) is 12.3 Å². The van der Waals surface area contributed by atoms with Gasteiger partial charge in [0.1, 0.15) is 5.69 Å². The summed E-state index contributed by atoms with van der Waals surface area (Å²) in [6, 6.07) is 14.4. The lowest BCUT2D eigenvalue weighted by molar-refractivity contribution is -0.386. The molecule has 2 rings (SSSR count). The molecule has 0 aliphatic heterocycles. The van der Waals surface area contributed by atoms with Crippen LogP contribution >= 0.6 is 0 Å².